The first-order valence-electron chi connectivity index (χ1n) is 9.05. The third-order valence-corrected chi connectivity index (χ3v) is 5.10. The number of aryl methyl sites for hydroxylation is 1. The van der Waals surface area contributed by atoms with Gasteiger partial charge in [-0.15, -0.1) is 0 Å². The maximum atomic E-state index is 12.5. The van der Waals surface area contributed by atoms with E-state index >= 15 is 0 Å². The number of hydrogen-bond acceptors (Lipinski definition) is 7. The predicted molar refractivity (Wildman–Crippen MR) is 93.4 cm³/mol. The Morgan fingerprint density at radius 1 is 1.26 bits per heavy atom. The molecule has 1 N–H and O–H groups in total. The van der Waals surface area contributed by atoms with Gasteiger partial charge in [0.15, 0.2) is 0 Å². The average Bonchev–Trinajstić information content (AvgIpc) is 3.19. The van der Waals surface area contributed by atoms with Gasteiger partial charge < -0.3 is 19.5 Å². The summed E-state index contributed by atoms with van der Waals surface area (Å²) >= 11 is 0. The molecule has 2 aromatic rings. The van der Waals surface area contributed by atoms with E-state index in [1.807, 2.05) is 4.90 Å². The van der Waals surface area contributed by atoms with E-state index in [-0.39, 0.29) is 24.0 Å². The molecule has 0 radical (unpaired) electrons. The molecule has 0 bridgehead atoms. The van der Waals surface area contributed by atoms with Crippen LogP contribution in [0.15, 0.2) is 29.0 Å². The van der Waals surface area contributed by atoms with Gasteiger partial charge in [0.25, 0.3) is 0 Å². The lowest BCUT2D eigenvalue weighted by molar-refractivity contribution is -0.154. The predicted octanol–water partition coefficient (Wildman–Crippen LogP) is 0.572. The molecule has 9 nitrogen and oxygen atoms in total. The molecule has 142 valence electrons. The summed E-state index contributed by atoms with van der Waals surface area (Å²) in [4.78, 5) is 33.9. The number of amides is 2. The molecule has 2 aromatic heterocycles. The molecule has 2 amide bonds. The Balaban J connectivity index is 1.27. The fourth-order valence-electron chi connectivity index (χ4n) is 3.41. The van der Waals surface area contributed by atoms with Gasteiger partial charge in [-0.1, -0.05) is 5.16 Å². The minimum Gasteiger partial charge on any atom is -0.363 e. The fraction of sp³-hybridized carbons (Fsp3) is 0.500. The molecule has 1 spiro atoms. The van der Waals surface area contributed by atoms with Gasteiger partial charge in [0.05, 0.1) is 5.60 Å². The van der Waals surface area contributed by atoms with Crippen molar-refractivity contribution in [2.75, 3.05) is 26.2 Å². The molecule has 0 saturated carbocycles. The minimum atomic E-state index is -0.323. The van der Waals surface area contributed by atoms with Crippen LogP contribution in [0.3, 0.4) is 0 Å². The molecular formula is C18H21N5O4. The second kappa shape index (κ2) is 7.43. The third kappa shape index (κ3) is 3.97. The monoisotopic (exact) mass is 371 g/mol. The van der Waals surface area contributed by atoms with E-state index in [1.165, 1.54) is 0 Å². The highest BCUT2D eigenvalue weighted by atomic mass is 16.5. The smallest absolute Gasteiger partial charge is 0.246 e. The maximum Gasteiger partial charge on any atom is 0.246 e. The van der Waals surface area contributed by atoms with E-state index in [0.29, 0.717) is 44.2 Å². The Morgan fingerprint density at radius 2 is 2.04 bits per heavy atom. The number of ether oxygens (including phenoxy) is 1. The van der Waals surface area contributed by atoms with E-state index in [9.17, 15) is 9.59 Å². The van der Waals surface area contributed by atoms with Crippen molar-refractivity contribution >= 4 is 11.8 Å². The van der Waals surface area contributed by atoms with E-state index in [1.54, 1.807) is 24.5 Å². The number of carbonyl (C=O) groups excluding carboxylic acids is 2. The van der Waals surface area contributed by atoms with Crippen molar-refractivity contribution in [1.29, 1.82) is 0 Å². The second-order valence-electron chi connectivity index (χ2n) is 6.88. The maximum absolute atomic E-state index is 12.5. The minimum absolute atomic E-state index is 0.0633. The molecule has 4 heterocycles. The number of aromatic nitrogens is 3. The molecule has 0 aliphatic carbocycles. The summed E-state index contributed by atoms with van der Waals surface area (Å²) in [5.74, 6) is 0.927. The normalized spacial score (nSPS) is 19.1. The van der Waals surface area contributed by atoms with Crippen LogP contribution in [0.4, 0.5) is 0 Å². The average molecular weight is 371 g/mol. The van der Waals surface area contributed by atoms with Crippen LogP contribution >= 0.6 is 0 Å². The van der Waals surface area contributed by atoms with E-state index < -0.39 is 0 Å². The number of morpholine rings is 1. The van der Waals surface area contributed by atoms with E-state index in [4.69, 9.17) is 9.26 Å². The molecule has 0 atom stereocenters. The van der Waals surface area contributed by atoms with Crippen LogP contribution in [0, 0.1) is 0 Å². The Hall–Kier alpha value is -2.81. The van der Waals surface area contributed by atoms with Gasteiger partial charge in [-0.3, -0.25) is 14.6 Å². The zero-order valence-corrected chi connectivity index (χ0v) is 14.9. The van der Waals surface area contributed by atoms with Crippen LogP contribution in [0.2, 0.25) is 0 Å². The summed E-state index contributed by atoms with van der Waals surface area (Å²) in [6.45, 7) is 1.88. The summed E-state index contributed by atoms with van der Waals surface area (Å²) in [5.41, 5.74) is 0.503. The van der Waals surface area contributed by atoms with Gasteiger partial charge in [0.2, 0.25) is 23.5 Å². The summed E-state index contributed by atoms with van der Waals surface area (Å²) < 4.78 is 11.0. The van der Waals surface area contributed by atoms with Crippen molar-refractivity contribution in [3.8, 4) is 11.4 Å². The number of nitrogens with zero attached hydrogens (tertiary/aromatic N) is 4. The Labute approximate surface area is 156 Å². The highest BCUT2D eigenvalue weighted by molar-refractivity contribution is 5.78. The molecule has 2 fully saturated rings. The highest BCUT2D eigenvalue weighted by Crippen LogP contribution is 2.28. The Bertz CT molecular complexity index is 802. The van der Waals surface area contributed by atoms with Gasteiger partial charge in [-0.2, -0.15) is 4.98 Å². The van der Waals surface area contributed by atoms with Crippen molar-refractivity contribution in [2.24, 2.45) is 0 Å². The summed E-state index contributed by atoms with van der Waals surface area (Å²) in [7, 11) is 0. The summed E-state index contributed by atoms with van der Waals surface area (Å²) in [6.07, 6.45) is 5.52. The number of rotatable bonds is 4. The van der Waals surface area contributed by atoms with Crippen molar-refractivity contribution in [3.63, 3.8) is 0 Å². The van der Waals surface area contributed by atoms with Crippen LogP contribution in [0.1, 0.15) is 25.2 Å². The highest BCUT2D eigenvalue weighted by Gasteiger charge is 2.39. The molecular weight excluding hydrogens is 350 g/mol. The first kappa shape index (κ1) is 17.6. The molecule has 2 aliphatic heterocycles. The number of nitrogens with one attached hydrogen (secondary N) is 1. The number of carbonyl (C=O) groups is 2. The molecule has 0 unspecified atom stereocenters. The summed E-state index contributed by atoms with van der Waals surface area (Å²) in [6, 6.07) is 3.61. The van der Waals surface area contributed by atoms with E-state index in [0.717, 1.165) is 18.4 Å². The van der Waals surface area contributed by atoms with Crippen LogP contribution < -0.4 is 5.32 Å². The first-order chi connectivity index (χ1) is 13.1. The Morgan fingerprint density at radius 3 is 2.74 bits per heavy atom. The largest absolute Gasteiger partial charge is 0.363 e. The van der Waals surface area contributed by atoms with Crippen molar-refractivity contribution in [2.45, 2.75) is 31.3 Å². The third-order valence-electron chi connectivity index (χ3n) is 5.10. The lowest BCUT2D eigenvalue weighted by Crippen LogP contribution is -2.58. The van der Waals surface area contributed by atoms with Crippen LogP contribution in [-0.2, 0) is 20.7 Å². The molecule has 9 heteroatoms. The molecule has 2 saturated heterocycles. The zero-order valence-electron chi connectivity index (χ0n) is 14.9. The fourth-order valence-corrected chi connectivity index (χ4v) is 3.41. The van der Waals surface area contributed by atoms with Gasteiger partial charge >= 0.3 is 0 Å². The topological polar surface area (TPSA) is 110 Å². The van der Waals surface area contributed by atoms with Crippen LogP contribution in [0.5, 0.6) is 0 Å². The molecule has 27 heavy (non-hydrogen) atoms. The van der Waals surface area contributed by atoms with Crippen molar-refractivity contribution < 1.29 is 18.8 Å². The van der Waals surface area contributed by atoms with Crippen molar-refractivity contribution in [1.82, 2.24) is 25.3 Å². The first-order valence-corrected chi connectivity index (χ1v) is 9.05. The molecule has 0 aromatic carbocycles. The van der Waals surface area contributed by atoms with Gasteiger partial charge in [-0.25, -0.2) is 0 Å². The lowest BCUT2D eigenvalue weighted by Gasteiger charge is -2.43. The van der Waals surface area contributed by atoms with Crippen molar-refractivity contribution in [3.05, 3.63) is 30.4 Å². The number of pyridine rings is 1. The number of hydrogen-bond donors (Lipinski definition) is 1. The van der Waals surface area contributed by atoms with Crippen LogP contribution in [0.25, 0.3) is 11.4 Å². The standard InChI is InChI=1S/C18H21N5O4/c24-14-11-26-18(12-20-14)5-9-23(10-6-18)16(25)2-1-15-21-17(22-27-15)13-3-7-19-8-4-13/h3-4,7-8H,1-2,5-6,9-12H2,(H,20,24). The number of likely N-dealkylation sites (tertiary alicyclic amines) is 1. The molecule has 2 aliphatic rings. The van der Waals surface area contributed by atoms with Gasteiger partial charge in [0, 0.05) is 50.4 Å². The van der Waals surface area contributed by atoms with E-state index in [2.05, 4.69) is 20.4 Å². The Kier molecular flexibility index (Phi) is 4.85. The van der Waals surface area contributed by atoms with Gasteiger partial charge in [0.1, 0.15) is 6.61 Å². The number of piperidine rings is 1. The van der Waals surface area contributed by atoms with Gasteiger partial charge in [-0.05, 0) is 25.0 Å². The second-order valence-corrected chi connectivity index (χ2v) is 6.88. The molecule has 4 rings (SSSR count). The summed E-state index contributed by atoms with van der Waals surface area (Å²) in [5, 5.41) is 6.80. The van der Waals surface area contributed by atoms with Crippen LogP contribution in [-0.4, -0.2) is 63.7 Å². The quantitative estimate of drug-likeness (QED) is 0.836. The SMILES string of the molecule is O=C1COC2(CCN(C(=O)CCc3nc(-c4ccncc4)no3)CC2)CN1. The zero-order chi connectivity index (χ0) is 18.7. The lowest BCUT2D eigenvalue weighted by atomic mass is 9.90.